The average Bonchev–Trinajstić information content (AvgIpc) is 2.83. The molecule has 0 N–H and O–H groups in total. The molecule has 0 saturated carbocycles. The van der Waals surface area contributed by atoms with E-state index in [1.807, 2.05) is 6.92 Å². The van der Waals surface area contributed by atoms with Crippen molar-refractivity contribution >= 4 is 33.0 Å². The van der Waals surface area contributed by atoms with Gasteiger partial charge in [0.2, 0.25) is 0 Å². The molecule has 2 rings (SSSR count). The van der Waals surface area contributed by atoms with Crippen molar-refractivity contribution in [2.75, 3.05) is 13.1 Å². The second kappa shape index (κ2) is 5.26. The van der Waals surface area contributed by atoms with E-state index in [2.05, 4.69) is 0 Å². The average molecular weight is 294 g/mol. The Hall–Kier alpha value is -0.100. The lowest BCUT2D eigenvalue weighted by Gasteiger charge is -2.31. The zero-order valence-electron chi connectivity index (χ0n) is 9.67. The van der Waals surface area contributed by atoms with Crippen molar-refractivity contribution in [2.24, 2.45) is 5.92 Å². The van der Waals surface area contributed by atoms with Crippen LogP contribution in [0.15, 0.2) is 21.7 Å². The van der Waals surface area contributed by atoms with Crippen LogP contribution in [0, 0.1) is 5.92 Å². The maximum Gasteiger partial charge on any atom is 0.252 e. The van der Waals surface area contributed by atoms with Gasteiger partial charge >= 0.3 is 0 Å². The summed E-state index contributed by atoms with van der Waals surface area (Å²) in [6, 6.07) is 3.43. The van der Waals surface area contributed by atoms with Gasteiger partial charge in [0.25, 0.3) is 10.0 Å². The number of hydrogen-bond donors (Lipinski definition) is 0. The minimum atomic E-state index is -3.26. The fraction of sp³-hybridized carbons (Fsp3) is 0.636. The van der Waals surface area contributed by atoms with Crippen molar-refractivity contribution in [2.45, 2.75) is 29.4 Å². The van der Waals surface area contributed by atoms with Gasteiger partial charge in [-0.1, -0.05) is 6.07 Å². The Bertz CT molecular complexity index is 448. The zero-order valence-corrected chi connectivity index (χ0v) is 12.1. The van der Waals surface area contributed by atoms with Gasteiger partial charge in [0.15, 0.2) is 0 Å². The number of alkyl halides is 1. The first kappa shape index (κ1) is 13.3. The van der Waals surface area contributed by atoms with Gasteiger partial charge in [-0.05, 0) is 37.1 Å². The fourth-order valence-electron chi connectivity index (χ4n) is 2.11. The maximum atomic E-state index is 12.2. The summed E-state index contributed by atoms with van der Waals surface area (Å²) >= 11 is 7.33. The summed E-state index contributed by atoms with van der Waals surface area (Å²) in [5.41, 5.74) is 0. The molecule has 0 aromatic carbocycles. The molecule has 1 aliphatic rings. The molecule has 1 fully saturated rings. The van der Waals surface area contributed by atoms with E-state index >= 15 is 0 Å². The maximum absolute atomic E-state index is 12.2. The van der Waals surface area contributed by atoms with Crippen molar-refractivity contribution in [3.8, 4) is 0 Å². The van der Waals surface area contributed by atoms with Crippen LogP contribution in [0.3, 0.4) is 0 Å². The molecule has 96 valence electrons. The van der Waals surface area contributed by atoms with Crippen molar-refractivity contribution in [3.05, 3.63) is 17.5 Å². The molecule has 1 aliphatic heterocycles. The van der Waals surface area contributed by atoms with Gasteiger partial charge in [0.1, 0.15) is 4.21 Å². The lowest BCUT2D eigenvalue weighted by atomic mass is 9.95. The Labute approximate surface area is 111 Å². The van der Waals surface area contributed by atoms with Crippen LogP contribution in [0.5, 0.6) is 0 Å². The molecule has 1 atom stereocenters. The first-order valence-corrected chi connectivity index (χ1v) is 8.45. The predicted octanol–water partition coefficient (Wildman–Crippen LogP) is 2.78. The predicted molar refractivity (Wildman–Crippen MR) is 71.1 cm³/mol. The third-order valence-electron chi connectivity index (χ3n) is 3.24. The summed E-state index contributed by atoms with van der Waals surface area (Å²) in [5.74, 6) is 0.437. The third-order valence-corrected chi connectivity index (χ3v) is 6.87. The Balaban J connectivity index is 2.07. The first-order valence-electron chi connectivity index (χ1n) is 5.69. The first-order chi connectivity index (χ1) is 8.01. The minimum absolute atomic E-state index is 0.126. The van der Waals surface area contributed by atoms with E-state index in [1.54, 1.807) is 21.8 Å². The molecule has 2 heterocycles. The molecule has 1 saturated heterocycles. The summed E-state index contributed by atoms with van der Waals surface area (Å²) in [4.78, 5) is 0. The van der Waals surface area contributed by atoms with Crippen LogP contribution in [0.2, 0.25) is 0 Å². The van der Waals surface area contributed by atoms with Crippen LogP contribution in [-0.2, 0) is 10.0 Å². The summed E-state index contributed by atoms with van der Waals surface area (Å²) in [6.07, 6.45) is 1.71. The molecule has 0 bridgehead atoms. The highest BCUT2D eigenvalue weighted by molar-refractivity contribution is 7.91. The number of hydrogen-bond acceptors (Lipinski definition) is 3. The molecule has 1 aromatic heterocycles. The SMILES string of the molecule is CC(Cl)C1CCN(S(=O)(=O)c2cccs2)CC1. The Morgan fingerprint density at radius 1 is 1.47 bits per heavy atom. The highest BCUT2D eigenvalue weighted by Gasteiger charge is 2.31. The number of piperidine rings is 1. The Morgan fingerprint density at radius 2 is 2.12 bits per heavy atom. The summed E-state index contributed by atoms with van der Waals surface area (Å²) < 4.78 is 26.5. The van der Waals surface area contributed by atoms with E-state index in [-0.39, 0.29) is 5.38 Å². The monoisotopic (exact) mass is 293 g/mol. The van der Waals surface area contributed by atoms with Crippen LogP contribution in [0.25, 0.3) is 0 Å². The highest BCUT2D eigenvalue weighted by atomic mass is 35.5. The van der Waals surface area contributed by atoms with Crippen molar-refractivity contribution in [1.82, 2.24) is 4.31 Å². The van der Waals surface area contributed by atoms with Crippen LogP contribution >= 0.6 is 22.9 Å². The van der Waals surface area contributed by atoms with Gasteiger partial charge in [-0.2, -0.15) is 4.31 Å². The molecule has 0 amide bonds. The van der Waals surface area contributed by atoms with Crippen LogP contribution in [0.4, 0.5) is 0 Å². The standard InChI is InChI=1S/C11H16ClNO2S2/c1-9(12)10-4-6-13(7-5-10)17(14,15)11-3-2-8-16-11/h2-3,8-10H,4-7H2,1H3. The van der Waals surface area contributed by atoms with E-state index in [0.717, 1.165) is 12.8 Å². The van der Waals surface area contributed by atoms with Crippen molar-refractivity contribution < 1.29 is 8.42 Å². The van der Waals surface area contributed by atoms with Crippen LogP contribution < -0.4 is 0 Å². The number of nitrogens with zero attached hydrogens (tertiary/aromatic N) is 1. The molecular formula is C11H16ClNO2S2. The third kappa shape index (κ3) is 2.84. The van der Waals surface area contributed by atoms with Gasteiger partial charge < -0.3 is 0 Å². The fourth-order valence-corrected chi connectivity index (χ4v) is 4.98. The second-order valence-electron chi connectivity index (χ2n) is 4.35. The Kier molecular flexibility index (Phi) is 4.13. The summed E-state index contributed by atoms with van der Waals surface area (Å²) in [5, 5.41) is 1.92. The van der Waals surface area contributed by atoms with Gasteiger partial charge in [-0.3, -0.25) is 0 Å². The van der Waals surface area contributed by atoms with Gasteiger partial charge in [-0.25, -0.2) is 8.42 Å². The molecule has 1 unspecified atom stereocenters. The topological polar surface area (TPSA) is 37.4 Å². The number of rotatable bonds is 3. The van der Waals surface area contributed by atoms with E-state index in [0.29, 0.717) is 23.2 Å². The molecular weight excluding hydrogens is 278 g/mol. The smallest absolute Gasteiger partial charge is 0.206 e. The van der Waals surface area contributed by atoms with E-state index in [1.165, 1.54) is 11.3 Å². The summed E-state index contributed by atoms with van der Waals surface area (Å²) in [6.45, 7) is 3.15. The molecule has 3 nitrogen and oxygen atoms in total. The van der Waals surface area contributed by atoms with Crippen molar-refractivity contribution in [3.63, 3.8) is 0 Å². The summed E-state index contributed by atoms with van der Waals surface area (Å²) in [7, 11) is -3.26. The van der Waals surface area contributed by atoms with Crippen molar-refractivity contribution in [1.29, 1.82) is 0 Å². The number of thiophene rings is 1. The molecule has 0 radical (unpaired) electrons. The van der Waals surface area contributed by atoms with Crippen LogP contribution in [-0.4, -0.2) is 31.2 Å². The largest absolute Gasteiger partial charge is 0.252 e. The second-order valence-corrected chi connectivity index (χ2v) is 8.15. The molecule has 1 aromatic rings. The van der Waals surface area contributed by atoms with E-state index in [4.69, 9.17) is 11.6 Å². The van der Waals surface area contributed by atoms with Crippen LogP contribution in [0.1, 0.15) is 19.8 Å². The molecule has 0 aliphatic carbocycles. The lowest BCUT2D eigenvalue weighted by molar-refractivity contribution is 0.272. The van der Waals surface area contributed by atoms with E-state index < -0.39 is 10.0 Å². The molecule has 0 spiro atoms. The number of sulfonamides is 1. The lowest BCUT2D eigenvalue weighted by Crippen LogP contribution is -2.39. The van der Waals surface area contributed by atoms with Gasteiger partial charge in [-0.15, -0.1) is 22.9 Å². The zero-order chi connectivity index (χ0) is 12.5. The van der Waals surface area contributed by atoms with E-state index in [9.17, 15) is 8.42 Å². The highest BCUT2D eigenvalue weighted by Crippen LogP contribution is 2.28. The quantitative estimate of drug-likeness (QED) is 0.804. The molecule has 17 heavy (non-hydrogen) atoms. The normalized spacial score (nSPS) is 21.5. The van der Waals surface area contributed by atoms with Gasteiger partial charge in [0.05, 0.1) is 0 Å². The minimum Gasteiger partial charge on any atom is -0.206 e. The Morgan fingerprint density at radius 3 is 2.59 bits per heavy atom. The number of halogens is 1. The van der Waals surface area contributed by atoms with Gasteiger partial charge in [0, 0.05) is 18.5 Å². The molecule has 6 heteroatoms.